The third kappa shape index (κ3) is 2.43. The number of hydrogen-bond acceptors (Lipinski definition) is 2. The van der Waals surface area contributed by atoms with Crippen molar-refractivity contribution in [1.29, 1.82) is 0 Å². The molecule has 0 saturated carbocycles. The minimum atomic E-state index is -1.06. The highest BCUT2D eigenvalue weighted by atomic mass is 19.1. The summed E-state index contributed by atoms with van der Waals surface area (Å²) in [5, 5.41) is 13.7. The van der Waals surface area contributed by atoms with Gasteiger partial charge in [0.05, 0.1) is 16.9 Å². The third-order valence-corrected chi connectivity index (χ3v) is 3.30. The van der Waals surface area contributed by atoms with Gasteiger partial charge in [-0.05, 0) is 23.6 Å². The number of hydrogen-bond donors (Lipinski definition) is 2. The zero-order chi connectivity index (χ0) is 14.8. The topological polar surface area (TPSA) is 49.3 Å². The molecule has 0 unspecified atom stereocenters. The lowest BCUT2D eigenvalue weighted by molar-refractivity contribution is 0.0698. The number of rotatable bonds is 3. The van der Waals surface area contributed by atoms with Crippen molar-refractivity contribution in [3.8, 4) is 0 Å². The molecule has 0 aliphatic heterocycles. The Hall–Kier alpha value is -2.88. The van der Waals surface area contributed by atoms with E-state index >= 15 is 0 Å². The molecule has 3 nitrogen and oxygen atoms in total. The normalized spacial score (nSPS) is 10.5. The van der Waals surface area contributed by atoms with Gasteiger partial charge in [-0.25, -0.2) is 9.18 Å². The molecule has 0 spiro atoms. The SMILES string of the molecule is O=C(O)c1ccccc1Nc1c(F)ccc2ccccc12. The Morgan fingerprint density at radius 3 is 2.48 bits per heavy atom. The Balaban J connectivity index is 2.15. The predicted octanol–water partition coefficient (Wildman–Crippen LogP) is 4.42. The predicted molar refractivity (Wildman–Crippen MR) is 80.6 cm³/mol. The Labute approximate surface area is 120 Å². The molecule has 0 saturated heterocycles. The van der Waals surface area contributed by atoms with Crippen molar-refractivity contribution in [3.05, 3.63) is 72.0 Å². The van der Waals surface area contributed by atoms with Gasteiger partial charge in [-0.15, -0.1) is 0 Å². The molecule has 0 atom stereocenters. The first-order valence-corrected chi connectivity index (χ1v) is 6.43. The van der Waals surface area contributed by atoms with Crippen molar-refractivity contribution in [2.45, 2.75) is 0 Å². The molecular formula is C17H12FNO2. The fraction of sp³-hybridized carbons (Fsp3) is 0. The van der Waals surface area contributed by atoms with E-state index in [0.717, 1.165) is 5.39 Å². The molecule has 0 heterocycles. The highest BCUT2D eigenvalue weighted by Gasteiger charge is 2.13. The lowest BCUT2D eigenvalue weighted by atomic mass is 10.1. The molecule has 0 aromatic heterocycles. The molecule has 0 fully saturated rings. The minimum absolute atomic E-state index is 0.102. The average Bonchev–Trinajstić information content (AvgIpc) is 2.50. The summed E-state index contributed by atoms with van der Waals surface area (Å²) in [6, 6.07) is 16.9. The number of para-hydroxylation sites is 1. The number of anilines is 2. The maximum atomic E-state index is 14.1. The minimum Gasteiger partial charge on any atom is -0.478 e. The van der Waals surface area contributed by atoms with Crippen LogP contribution in [0.15, 0.2) is 60.7 Å². The Kier molecular flexibility index (Phi) is 3.28. The molecule has 0 radical (unpaired) electrons. The first-order chi connectivity index (χ1) is 10.2. The van der Waals surface area contributed by atoms with Gasteiger partial charge in [0, 0.05) is 5.39 Å². The number of carboxylic acids is 1. The van der Waals surface area contributed by atoms with E-state index < -0.39 is 11.8 Å². The van der Waals surface area contributed by atoms with Crippen LogP contribution in [0.1, 0.15) is 10.4 Å². The Morgan fingerprint density at radius 2 is 1.67 bits per heavy atom. The lowest BCUT2D eigenvalue weighted by Gasteiger charge is -2.13. The van der Waals surface area contributed by atoms with Crippen LogP contribution in [0.2, 0.25) is 0 Å². The number of halogens is 1. The van der Waals surface area contributed by atoms with Gasteiger partial charge in [-0.1, -0.05) is 42.5 Å². The van der Waals surface area contributed by atoms with Gasteiger partial charge in [-0.3, -0.25) is 0 Å². The van der Waals surface area contributed by atoms with Crippen LogP contribution in [0.5, 0.6) is 0 Å². The van der Waals surface area contributed by atoms with Crippen molar-refractivity contribution in [1.82, 2.24) is 0 Å². The second-order valence-electron chi connectivity index (χ2n) is 4.62. The van der Waals surface area contributed by atoms with Crippen LogP contribution in [0.4, 0.5) is 15.8 Å². The summed E-state index contributed by atoms with van der Waals surface area (Å²) in [6.07, 6.45) is 0. The largest absolute Gasteiger partial charge is 0.478 e. The van der Waals surface area contributed by atoms with Gasteiger partial charge in [0.1, 0.15) is 5.82 Å². The molecule has 3 aromatic carbocycles. The average molecular weight is 281 g/mol. The van der Waals surface area contributed by atoms with Gasteiger partial charge >= 0.3 is 5.97 Å². The Bertz CT molecular complexity index is 830. The lowest BCUT2D eigenvalue weighted by Crippen LogP contribution is -2.03. The maximum Gasteiger partial charge on any atom is 0.337 e. The van der Waals surface area contributed by atoms with Crippen LogP contribution in [-0.2, 0) is 0 Å². The molecule has 104 valence electrons. The van der Waals surface area contributed by atoms with Crippen LogP contribution >= 0.6 is 0 Å². The van der Waals surface area contributed by atoms with Crippen molar-refractivity contribution in [2.24, 2.45) is 0 Å². The van der Waals surface area contributed by atoms with E-state index in [1.807, 2.05) is 18.2 Å². The molecule has 3 rings (SSSR count). The highest BCUT2D eigenvalue weighted by Crippen LogP contribution is 2.30. The third-order valence-electron chi connectivity index (χ3n) is 3.30. The van der Waals surface area contributed by atoms with Crippen molar-refractivity contribution >= 4 is 28.1 Å². The summed E-state index contributed by atoms with van der Waals surface area (Å²) < 4.78 is 14.1. The van der Waals surface area contributed by atoms with Crippen LogP contribution in [0, 0.1) is 5.82 Å². The van der Waals surface area contributed by atoms with Gasteiger partial charge in [-0.2, -0.15) is 0 Å². The molecule has 21 heavy (non-hydrogen) atoms. The van der Waals surface area contributed by atoms with Gasteiger partial charge in [0.25, 0.3) is 0 Å². The molecule has 0 aliphatic carbocycles. The highest BCUT2D eigenvalue weighted by molar-refractivity contribution is 5.99. The number of carbonyl (C=O) groups is 1. The smallest absolute Gasteiger partial charge is 0.337 e. The quantitative estimate of drug-likeness (QED) is 0.747. The fourth-order valence-electron chi connectivity index (χ4n) is 2.29. The molecule has 0 bridgehead atoms. The summed E-state index contributed by atoms with van der Waals surface area (Å²) in [4.78, 5) is 11.2. The molecule has 0 amide bonds. The van der Waals surface area contributed by atoms with Crippen LogP contribution in [-0.4, -0.2) is 11.1 Å². The molecular weight excluding hydrogens is 269 g/mol. The number of carboxylic acid groups (broad SMARTS) is 1. The van der Waals surface area contributed by atoms with Crippen LogP contribution in [0.25, 0.3) is 10.8 Å². The summed E-state index contributed by atoms with van der Waals surface area (Å²) >= 11 is 0. The monoisotopic (exact) mass is 281 g/mol. The summed E-state index contributed by atoms with van der Waals surface area (Å²) in [7, 11) is 0. The molecule has 2 N–H and O–H groups in total. The van der Waals surface area contributed by atoms with Crippen molar-refractivity contribution < 1.29 is 14.3 Å². The zero-order valence-corrected chi connectivity index (χ0v) is 11.0. The van der Waals surface area contributed by atoms with Gasteiger partial charge in [0.2, 0.25) is 0 Å². The maximum absolute atomic E-state index is 14.1. The Morgan fingerprint density at radius 1 is 0.952 bits per heavy atom. The number of fused-ring (bicyclic) bond motifs is 1. The fourth-order valence-corrected chi connectivity index (χ4v) is 2.29. The summed E-state index contributed by atoms with van der Waals surface area (Å²) in [5.41, 5.74) is 0.742. The van der Waals surface area contributed by atoms with E-state index in [0.29, 0.717) is 11.1 Å². The van der Waals surface area contributed by atoms with E-state index in [9.17, 15) is 14.3 Å². The van der Waals surface area contributed by atoms with E-state index in [2.05, 4.69) is 5.32 Å². The van der Waals surface area contributed by atoms with Crippen molar-refractivity contribution in [3.63, 3.8) is 0 Å². The standard InChI is InChI=1S/C17H12FNO2/c18-14-10-9-11-5-1-2-6-12(11)16(14)19-15-8-4-3-7-13(15)17(20)21/h1-10,19H,(H,20,21). The van der Waals surface area contributed by atoms with E-state index in [-0.39, 0.29) is 11.3 Å². The van der Waals surface area contributed by atoms with E-state index in [1.54, 1.807) is 30.3 Å². The van der Waals surface area contributed by atoms with Crippen LogP contribution < -0.4 is 5.32 Å². The number of aromatic carboxylic acids is 1. The summed E-state index contributed by atoms with van der Waals surface area (Å²) in [5.74, 6) is -1.48. The first-order valence-electron chi connectivity index (χ1n) is 6.43. The second kappa shape index (κ2) is 5.25. The zero-order valence-electron chi connectivity index (χ0n) is 11.0. The van der Waals surface area contributed by atoms with E-state index in [1.165, 1.54) is 12.1 Å². The van der Waals surface area contributed by atoms with Crippen molar-refractivity contribution in [2.75, 3.05) is 5.32 Å². The van der Waals surface area contributed by atoms with Gasteiger partial charge < -0.3 is 10.4 Å². The number of benzene rings is 3. The first kappa shape index (κ1) is 13.1. The molecule has 0 aliphatic rings. The van der Waals surface area contributed by atoms with E-state index in [4.69, 9.17) is 0 Å². The van der Waals surface area contributed by atoms with Crippen LogP contribution in [0.3, 0.4) is 0 Å². The number of nitrogens with one attached hydrogen (secondary N) is 1. The molecule has 4 heteroatoms. The molecule has 3 aromatic rings. The summed E-state index contributed by atoms with van der Waals surface area (Å²) in [6.45, 7) is 0. The van der Waals surface area contributed by atoms with Gasteiger partial charge in [0.15, 0.2) is 0 Å². The second-order valence-corrected chi connectivity index (χ2v) is 4.62.